The summed E-state index contributed by atoms with van der Waals surface area (Å²) in [7, 11) is 0. The maximum Gasteiger partial charge on any atom is 0.289 e. The largest absolute Gasteiger partial charge is 0.455 e. The zero-order valence-electron chi connectivity index (χ0n) is 18.0. The number of carbonyl (C=O) groups excluding carboxylic acids is 1. The topological polar surface area (TPSA) is 36.7 Å². The van der Waals surface area contributed by atoms with Crippen molar-refractivity contribution in [2.75, 3.05) is 13.1 Å². The maximum absolute atomic E-state index is 12.8. The van der Waals surface area contributed by atoms with Gasteiger partial charge in [0.25, 0.3) is 5.91 Å². The number of carbonyl (C=O) groups is 1. The molecular formula is C24H34N2O2. The summed E-state index contributed by atoms with van der Waals surface area (Å²) in [5, 5.41) is 0. The molecule has 2 aromatic rings. The van der Waals surface area contributed by atoms with Crippen molar-refractivity contribution in [2.45, 2.75) is 66.1 Å². The zero-order valence-corrected chi connectivity index (χ0v) is 18.0. The molecule has 4 nitrogen and oxygen atoms in total. The number of amides is 1. The number of furan rings is 1. The normalized spacial score (nSPS) is 16.0. The molecule has 0 unspecified atom stereocenters. The fourth-order valence-electron chi connectivity index (χ4n) is 3.66. The molecule has 0 N–H and O–H groups in total. The lowest BCUT2D eigenvalue weighted by molar-refractivity contribution is 0.0655. The smallest absolute Gasteiger partial charge is 0.289 e. The number of aryl methyl sites for hydroxylation is 1. The molecule has 0 bridgehead atoms. The van der Waals surface area contributed by atoms with Crippen molar-refractivity contribution in [3.63, 3.8) is 0 Å². The lowest BCUT2D eigenvalue weighted by Gasteiger charge is -2.35. The standard InChI is InChI=1S/C24H34N2O2/c1-18-12-14-25(15-13-18)23(27)22-11-10-21(28-22)17-26(24(3,4)5)16-20-9-7-6-8-19(20)2/h6-11,18H,12-17H2,1-5H3. The molecule has 1 aromatic carbocycles. The first-order valence-electron chi connectivity index (χ1n) is 10.4. The summed E-state index contributed by atoms with van der Waals surface area (Å²) >= 11 is 0. The Balaban J connectivity index is 1.70. The quantitative estimate of drug-likeness (QED) is 0.708. The van der Waals surface area contributed by atoms with Gasteiger partial charge in [0, 0.05) is 25.2 Å². The average Bonchev–Trinajstić information content (AvgIpc) is 3.11. The van der Waals surface area contributed by atoms with Gasteiger partial charge in [-0.2, -0.15) is 0 Å². The van der Waals surface area contributed by atoms with Gasteiger partial charge < -0.3 is 9.32 Å². The Morgan fingerprint density at radius 1 is 1.11 bits per heavy atom. The molecule has 0 atom stereocenters. The van der Waals surface area contributed by atoms with E-state index in [2.05, 4.69) is 63.8 Å². The number of nitrogens with zero attached hydrogens (tertiary/aromatic N) is 2. The lowest BCUT2D eigenvalue weighted by atomic mass is 9.99. The number of piperidine rings is 1. The third-order valence-electron chi connectivity index (χ3n) is 5.86. The predicted octanol–water partition coefficient (Wildman–Crippen LogP) is 5.26. The van der Waals surface area contributed by atoms with Crippen molar-refractivity contribution in [3.8, 4) is 0 Å². The van der Waals surface area contributed by atoms with E-state index in [1.807, 2.05) is 17.0 Å². The average molecular weight is 383 g/mol. The molecule has 1 aromatic heterocycles. The first-order chi connectivity index (χ1) is 13.2. The van der Waals surface area contributed by atoms with Gasteiger partial charge in [-0.1, -0.05) is 31.2 Å². The minimum absolute atomic E-state index is 0.0117. The van der Waals surface area contributed by atoms with Crippen LogP contribution in [-0.2, 0) is 13.1 Å². The monoisotopic (exact) mass is 382 g/mol. The summed E-state index contributed by atoms with van der Waals surface area (Å²) in [6.07, 6.45) is 2.15. The van der Waals surface area contributed by atoms with E-state index in [0.717, 1.165) is 38.2 Å². The summed E-state index contributed by atoms with van der Waals surface area (Å²) < 4.78 is 5.99. The molecular weight excluding hydrogens is 348 g/mol. The first kappa shape index (κ1) is 20.7. The van der Waals surface area contributed by atoms with Crippen LogP contribution in [0.2, 0.25) is 0 Å². The number of likely N-dealkylation sites (tertiary alicyclic amines) is 1. The Morgan fingerprint density at radius 2 is 1.79 bits per heavy atom. The number of hydrogen-bond donors (Lipinski definition) is 0. The highest BCUT2D eigenvalue weighted by Crippen LogP contribution is 2.24. The molecule has 4 heteroatoms. The summed E-state index contributed by atoms with van der Waals surface area (Å²) in [6.45, 7) is 14.3. The summed E-state index contributed by atoms with van der Waals surface area (Å²) in [6, 6.07) is 12.3. The van der Waals surface area contributed by atoms with Crippen LogP contribution >= 0.6 is 0 Å². The van der Waals surface area contributed by atoms with Gasteiger partial charge in [-0.05, 0) is 69.7 Å². The second-order valence-electron chi connectivity index (χ2n) is 9.19. The fraction of sp³-hybridized carbons (Fsp3) is 0.542. The number of hydrogen-bond acceptors (Lipinski definition) is 3. The van der Waals surface area contributed by atoms with E-state index in [1.54, 1.807) is 0 Å². The third kappa shape index (κ3) is 5.05. The second kappa shape index (κ2) is 8.52. The third-order valence-corrected chi connectivity index (χ3v) is 5.86. The van der Waals surface area contributed by atoms with Crippen molar-refractivity contribution in [3.05, 3.63) is 59.0 Å². The van der Waals surface area contributed by atoms with Crippen molar-refractivity contribution in [1.82, 2.24) is 9.80 Å². The van der Waals surface area contributed by atoms with Gasteiger partial charge in [0.05, 0.1) is 6.54 Å². The fourth-order valence-corrected chi connectivity index (χ4v) is 3.66. The van der Waals surface area contributed by atoms with Gasteiger partial charge in [-0.15, -0.1) is 0 Å². The van der Waals surface area contributed by atoms with Crippen LogP contribution in [-0.4, -0.2) is 34.3 Å². The van der Waals surface area contributed by atoms with E-state index in [-0.39, 0.29) is 11.4 Å². The van der Waals surface area contributed by atoms with Crippen LogP contribution in [0, 0.1) is 12.8 Å². The molecule has 1 amide bonds. The molecule has 0 spiro atoms. The molecule has 1 saturated heterocycles. The van der Waals surface area contributed by atoms with Gasteiger partial charge in [0.15, 0.2) is 5.76 Å². The van der Waals surface area contributed by atoms with Gasteiger partial charge in [0.2, 0.25) is 0 Å². The predicted molar refractivity (Wildman–Crippen MR) is 113 cm³/mol. The van der Waals surface area contributed by atoms with E-state index in [4.69, 9.17) is 4.42 Å². The Labute approximate surface area is 169 Å². The number of benzene rings is 1. The van der Waals surface area contributed by atoms with Gasteiger partial charge in [0.1, 0.15) is 5.76 Å². The van der Waals surface area contributed by atoms with Crippen molar-refractivity contribution >= 4 is 5.91 Å². The minimum Gasteiger partial charge on any atom is -0.455 e. The second-order valence-corrected chi connectivity index (χ2v) is 9.19. The highest BCUT2D eigenvalue weighted by Gasteiger charge is 2.26. The summed E-state index contributed by atoms with van der Waals surface area (Å²) in [4.78, 5) is 17.1. The molecule has 1 aliphatic rings. The molecule has 1 aliphatic heterocycles. The van der Waals surface area contributed by atoms with Crippen LogP contribution in [0.15, 0.2) is 40.8 Å². The van der Waals surface area contributed by atoms with Gasteiger partial charge in [-0.3, -0.25) is 9.69 Å². The molecule has 3 rings (SSSR count). The first-order valence-corrected chi connectivity index (χ1v) is 10.4. The molecule has 28 heavy (non-hydrogen) atoms. The molecule has 2 heterocycles. The molecule has 152 valence electrons. The lowest BCUT2D eigenvalue weighted by Crippen LogP contribution is -2.40. The minimum atomic E-state index is -0.0117. The van der Waals surface area contributed by atoms with E-state index in [1.165, 1.54) is 11.1 Å². The van der Waals surface area contributed by atoms with Crippen LogP contribution in [0.1, 0.15) is 68.0 Å². The van der Waals surface area contributed by atoms with Crippen LogP contribution in [0.5, 0.6) is 0 Å². The van der Waals surface area contributed by atoms with Gasteiger partial charge in [-0.25, -0.2) is 0 Å². The highest BCUT2D eigenvalue weighted by atomic mass is 16.4. The zero-order chi connectivity index (χ0) is 20.3. The number of rotatable bonds is 5. The SMILES string of the molecule is Cc1ccccc1CN(Cc1ccc(C(=O)N2CCC(C)CC2)o1)C(C)(C)C. The highest BCUT2D eigenvalue weighted by molar-refractivity contribution is 5.91. The van der Waals surface area contributed by atoms with E-state index in [0.29, 0.717) is 18.2 Å². The van der Waals surface area contributed by atoms with E-state index in [9.17, 15) is 4.79 Å². The van der Waals surface area contributed by atoms with Crippen LogP contribution in [0.25, 0.3) is 0 Å². The van der Waals surface area contributed by atoms with Crippen molar-refractivity contribution in [1.29, 1.82) is 0 Å². The van der Waals surface area contributed by atoms with E-state index < -0.39 is 0 Å². The Kier molecular flexibility index (Phi) is 6.29. The maximum atomic E-state index is 12.8. The van der Waals surface area contributed by atoms with Crippen LogP contribution in [0.3, 0.4) is 0 Å². The van der Waals surface area contributed by atoms with Crippen molar-refractivity contribution < 1.29 is 9.21 Å². The molecule has 0 aliphatic carbocycles. The summed E-state index contributed by atoms with van der Waals surface area (Å²) in [5.41, 5.74) is 2.61. The Hall–Kier alpha value is -2.07. The molecule has 0 saturated carbocycles. The van der Waals surface area contributed by atoms with Crippen LogP contribution in [0.4, 0.5) is 0 Å². The van der Waals surface area contributed by atoms with Gasteiger partial charge >= 0.3 is 0 Å². The molecule has 0 radical (unpaired) electrons. The van der Waals surface area contributed by atoms with Crippen LogP contribution < -0.4 is 0 Å². The van der Waals surface area contributed by atoms with Crippen molar-refractivity contribution in [2.24, 2.45) is 5.92 Å². The summed E-state index contributed by atoms with van der Waals surface area (Å²) in [5.74, 6) is 2.05. The Bertz CT molecular complexity index is 795. The Morgan fingerprint density at radius 3 is 2.43 bits per heavy atom. The van der Waals surface area contributed by atoms with E-state index >= 15 is 0 Å². The molecule has 1 fully saturated rings.